The lowest BCUT2D eigenvalue weighted by molar-refractivity contribution is 0.205. The quantitative estimate of drug-likeness (QED) is 0.844. The van der Waals surface area contributed by atoms with Crippen molar-refractivity contribution in [3.63, 3.8) is 0 Å². The van der Waals surface area contributed by atoms with E-state index in [0.717, 1.165) is 12.8 Å². The van der Waals surface area contributed by atoms with Crippen LogP contribution in [0.3, 0.4) is 0 Å². The van der Waals surface area contributed by atoms with Crippen LogP contribution in [-0.2, 0) is 6.42 Å². The van der Waals surface area contributed by atoms with Crippen molar-refractivity contribution in [2.24, 2.45) is 11.8 Å². The second kappa shape index (κ2) is 5.65. The van der Waals surface area contributed by atoms with Gasteiger partial charge in [0.1, 0.15) is 0 Å². The van der Waals surface area contributed by atoms with Crippen LogP contribution < -0.4 is 0 Å². The minimum absolute atomic E-state index is 0.294. The van der Waals surface area contributed by atoms with Crippen LogP contribution in [-0.4, -0.2) is 11.7 Å². The van der Waals surface area contributed by atoms with E-state index in [1.165, 1.54) is 15.6 Å². The van der Waals surface area contributed by atoms with E-state index in [1.54, 1.807) is 11.3 Å². The third-order valence-corrected chi connectivity index (χ3v) is 4.14. The summed E-state index contributed by atoms with van der Waals surface area (Å²) in [6.07, 6.45) is 2.10. The van der Waals surface area contributed by atoms with Crippen LogP contribution in [0.15, 0.2) is 29.6 Å². The summed E-state index contributed by atoms with van der Waals surface area (Å²) in [4.78, 5) is 0. The second-order valence-electron chi connectivity index (χ2n) is 5.14. The minimum Gasteiger partial charge on any atom is -0.396 e. The van der Waals surface area contributed by atoms with Gasteiger partial charge in [0.2, 0.25) is 0 Å². The van der Waals surface area contributed by atoms with Crippen LogP contribution in [0.2, 0.25) is 0 Å². The van der Waals surface area contributed by atoms with E-state index in [9.17, 15) is 5.11 Å². The molecule has 0 aliphatic rings. The number of thiophene rings is 1. The third-order valence-electron chi connectivity index (χ3n) is 3.13. The summed E-state index contributed by atoms with van der Waals surface area (Å²) in [5, 5.41) is 13.1. The molecular formula is C15H20OS. The van der Waals surface area contributed by atoms with E-state index in [4.69, 9.17) is 0 Å². The molecule has 2 heteroatoms. The molecule has 0 aliphatic heterocycles. The van der Waals surface area contributed by atoms with Crippen LogP contribution in [0.1, 0.15) is 25.8 Å². The molecule has 1 aromatic heterocycles. The highest BCUT2D eigenvalue weighted by Gasteiger charge is 2.13. The highest BCUT2D eigenvalue weighted by molar-refractivity contribution is 7.17. The Balaban J connectivity index is 2.16. The number of fused-ring (bicyclic) bond motifs is 1. The number of benzene rings is 1. The van der Waals surface area contributed by atoms with Crippen LogP contribution in [0, 0.1) is 11.8 Å². The second-order valence-corrected chi connectivity index (χ2v) is 6.05. The summed E-state index contributed by atoms with van der Waals surface area (Å²) in [6.45, 7) is 4.73. The Labute approximate surface area is 107 Å². The van der Waals surface area contributed by atoms with Crippen molar-refractivity contribution >= 4 is 21.4 Å². The van der Waals surface area contributed by atoms with Crippen molar-refractivity contribution in [1.29, 1.82) is 0 Å². The summed E-state index contributed by atoms with van der Waals surface area (Å²) in [5.74, 6) is 1.05. The first-order chi connectivity index (χ1) is 8.20. The molecular weight excluding hydrogens is 228 g/mol. The minimum atomic E-state index is 0.294. The van der Waals surface area contributed by atoms with Crippen molar-refractivity contribution in [1.82, 2.24) is 0 Å². The normalized spacial score (nSPS) is 13.4. The first-order valence-corrected chi connectivity index (χ1v) is 7.14. The molecule has 2 rings (SSSR count). The van der Waals surface area contributed by atoms with Gasteiger partial charge in [-0.1, -0.05) is 32.0 Å². The fraction of sp³-hybridized carbons (Fsp3) is 0.467. The lowest BCUT2D eigenvalue weighted by Crippen LogP contribution is -2.12. The lowest BCUT2D eigenvalue weighted by atomic mass is 9.91. The van der Waals surface area contributed by atoms with Gasteiger partial charge in [-0.15, -0.1) is 11.3 Å². The van der Waals surface area contributed by atoms with Crippen molar-refractivity contribution in [2.75, 3.05) is 6.61 Å². The molecule has 0 amide bonds. The Bertz CT molecular complexity index is 472. The Hall–Kier alpha value is -0.860. The van der Waals surface area contributed by atoms with Gasteiger partial charge >= 0.3 is 0 Å². The predicted octanol–water partition coefficient (Wildman–Crippen LogP) is 4.10. The van der Waals surface area contributed by atoms with Crippen molar-refractivity contribution in [2.45, 2.75) is 26.7 Å². The zero-order chi connectivity index (χ0) is 12.3. The molecule has 92 valence electrons. The molecule has 17 heavy (non-hydrogen) atoms. The Morgan fingerprint density at radius 1 is 1.24 bits per heavy atom. The monoisotopic (exact) mass is 248 g/mol. The van der Waals surface area contributed by atoms with E-state index >= 15 is 0 Å². The number of aliphatic hydroxyl groups excluding tert-OH is 1. The highest BCUT2D eigenvalue weighted by Crippen LogP contribution is 2.28. The molecule has 1 atom stereocenters. The van der Waals surface area contributed by atoms with Gasteiger partial charge in [-0.3, -0.25) is 0 Å². The fourth-order valence-electron chi connectivity index (χ4n) is 2.39. The van der Waals surface area contributed by atoms with Gasteiger partial charge in [-0.2, -0.15) is 0 Å². The number of hydrogen-bond donors (Lipinski definition) is 1. The van der Waals surface area contributed by atoms with Crippen molar-refractivity contribution in [3.8, 4) is 0 Å². The smallest absolute Gasteiger partial charge is 0.0462 e. The summed E-state index contributed by atoms with van der Waals surface area (Å²) in [5.41, 5.74) is 1.39. The maximum Gasteiger partial charge on any atom is 0.0462 e. The molecule has 0 bridgehead atoms. The zero-order valence-corrected chi connectivity index (χ0v) is 11.3. The van der Waals surface area contributed by atoms with E-state index in [1.807, 2.05) is 0 Å². The summed E-state index contributed by atoms with van der Waals surface area (Å²) in [7, 11) is 0. The van der Waals surface area contributed by atoms with Crippen LogP contribution in [0.25, 0.3) is 10.1 Å². The molecule has 2 aromatic rings. The molecule has 0 fully saturated rings. The third kappa shape index (κ3) is 3.08. The highest BCUT2D eigenvalue weighted by atomic mass is 32.1. The lowest BCUT2D eigenvalue weighted by Gasteiger charge is -2.15. The molecule has 1 nitrogen and oxygen atoms in total. The maximum atomic E-state index is 9.45. The molecule has 1 heterocycles. The Kier molecular flexibility index (Phi) is 4.19. The summed E-state index contributed by atoms with van der Waals surface area (Å²) >= 11 is 1.80. The maximum absolute atomic E-state index is 9.45. The molecule has 1 aromatic carbocycles. The van der Waals surface area contributed by atoms with Crippen molar-refractivity contribution in [3.05, 3.63) is 35.2 Å². The fourth-order valence-corrected chi connectivity index (χ4v) is 3.37. The van der Waals surface area contributed by atoms with Crippen LogP contribution in [0.5, 0.6) is 0 Å². The molecule has 1 N–H and O–H groups in total. The van der Waals surface area contributed by atoms with Crippen LogP contribution in [0.4, 0.5) is 0 Å². The standard InChI is InChI=1S/C15H20OS/c1-11(2)7-12(9-16)8-13-10-17-15-6-4-3-5-14(13)15/h3-6,10-12,16H,7-9H2,1-2H3. The van der Waals surface area contributed by atoms with Crippen LogP contribution >= 0.6 is 11.3 Å². The Morgan fingerprint density at radius 2 is 2.00 bits per heavy atom. The van der Waals surface area contributed by atoms with Gasteiger partial charge in [-0.25, -0.2) is 0 Å². The van der Waals surface area contributed by atoms with E-state index < -0.39 is 0 Å². The van der Waals surface area contributed by atoms with Gasteiger partial charge in [0.25, 0.3) is 0 Å². The summed E-state index contributed by atoms with van der Waals surface area (Å²) < 4.78 is 1.35. The average Bonchev–Trinajstić information content (AvgIpc) is 2.71. The molecule has 0 saturated carbocycles. The first-order valence-electron chi connectivity index (χ1n) is 6.26. The summed E-state index contributed by atoms with van der Waals surface area (Å²) in [6, 6.07) is 8.53. The number of hydrogen-bond acceptors (Lipinski definition) is 2. The van der Waals surface area contributed by atoms with E-state index in [2.05, 4.69) is 43.5 Å². The number of rotatable bonds is 5. The van der Waals surface area contributed by atoms with Crippen molar-refractivity contribution < 1.29 is 5.11 Å². The molecule has 0 saturated heterocycles. The molecule has 0 aliphatic carbocycles. The van der Waals surface area contributed by atoms with Gasteiger partial charge in [0.05, 0.1) is 0 Å². The Morgan fingerprint density at radius 3 is 2.71 bits per heavy atom. The van der Waals surface area contributed by atoms with E-state index in [-0.39, 0.29) is 0 Å². The molecule has 0 radical (unpaired) electrons. The first kappa shape index (κ1) is 12.6. The SMILES string of the molecule is CC(C)CC(CO)Cc1csc2ccccc12. The largest absolute Gasteiger partial charge is 0.396 e. The molecule has 0 spiro atoms. The average molecular weight is 248 g/mol. The molecule has 1 unspecified atom stereocenters. The van der Waals surface area contributed by atoms with E-state index in [0.29, 0.717) is 18.4 Å². The van der Waals surface area contributed by atoms with Gasteiger partial charge in [-0.05, 0) is 47.1 Å². The van der Waals surface area contributed by atoms with Gasteiger partial charge in [0.15, 0.2) is 0 Å². The zero-order valence-electron chi connectivity index (χ0n) is 10.5. The van der Waals surface area contributed by atoms with Gasteiger partial charge < -0.3 is 5.11 Å². The topological polar surface area (TPSA) is 20.2 Å². The van der Waals surface area contributed by atoms with Gasteiger partial charge in [0, 0.05) is 11.3 Å². The number of aliphatic hydroxyl groups is 1. The predicted molar refractivity (Wildman–Crippen MR) is 75.6 cm³/mol.